The maximum atomic E-state index is 14.1. The van der Waals surface area contributed by atoms with Crippen LogP contribution in [0.25, 0.3) is 32.6 Å². The van der Waals surface area contributed by atoms with Crippen molar-refractivity contribution in [2.75, 3.05) is 26.2 Å². The molecule has 1 aliphatic rings. The van der Waals surface area contributed by atoms with Crippen molar-refractivity contribution in [2.24, 2.45) is 7.05 Å². The summed E-state index contributed by atoms with van der Waals surface area (Å²) >= 11 is 0. The molecule has 3 heterocycles. The van der Waals surface area contributed by atoms with Gasteiger partial charge in [0.1, 0.15) is 12.4 Å². The average molecular weight is 427 g/mol. The minimum Gasteiger partial charge on any atom is -0.492 e. The van der Waals surface area contributed by atoms with Gasteiger partial charge in [0.25, 0.3) is 0 Å². The average Bonchev–Trinajstić information content (AvgIpc) is 3.03. The zero-order valence-electron chi connectivity index (χ0n) is 17.4. The van der Waals surface area contributed by atoms with Crippen molar-refractivity contribution in [3.8, 4) is 5.75 Å². The number of rotatable bonds is 4. The highest BCUT2D eigenvalue weighted by Gasteiger charge is 2.36. The molecule has 1 saturated heterocycles. The van der Waals surface area contributed by atoms with E-state index in [0.717, 1.165) is 30.5 Å². The number of hydrogen-bond acceptors (Lipinski definition) is 3. The SMILES string of the molecule is Cn1c2ccc(OCCN3CCCCC3)cc2c2cc3cnccc3c(C(F)(F)F)c21. The van der Waals surface area contributed by atoms with Crippen molar-refractivity contribution < 1.29 is 17.9 Å². The molecule has 1 fully saturated rings. The van der Waals surface area contributed by atoms with Gasteiger partial charge < -0.3 is 9.30 Å². The van der Waals surface area contributed by atoms with E-state index < -0.39 is 11.7 Å². The third kappa shape index (κ3) is 3.61. The summed E-state index contributed by atoms with van der Waals surface area (Å²) in [6, 6.07) is 8.77. The monoisotopic (exact) mass is 427 g/mol. The fourth-order valence-corrected chi connectivity index (χ4v) is 4.79. The lowest BCUT2D eigenvalue weighted by Gasteiger charge is -2.26. The van der Waals surface area contributed by atoms with Crippen LogP contribution in [0.5, 0.6) is 5.75 Å². The number of pyridine rings is 1. The molecule has 2 aromatic heterocycles. The molecular weight excluding hydrogens is 403 g/mol. The van der Waals surface area contributed by atoms with Gasteiger partial charge in [0.15, 0.2) is 0 Å². The number of likely N-dealkylation sites (tertiary alicyclic amines) is 1. The second-order valence-corrected chi connectivity index (χ2v) is 8.23. The number of aromatic nitrogens is 2. The summed E-state index contributed by atoms with van der Waals surface area (Å²) in [7, 11) is 1.68. The van der Waals surface area contributed by atoms with Gasteiger partial charge >= 0.3 is 6.18 Å². The number of piperidine rings is 1. The van der Waals surface area contributed by atoms with Crippen molar-refractivity contribution in [1.29, 1.82) is 0 Å². The van der Waals surface area contributed by atoms with E-state index in [1.165, 1.54) is 37.7 Å². The molecule has 2 aromatic carbocycles. The predicted octanol–water partition coefficient (Wildman–Crippen LogP) is 5.76. The molecule has 0 unspecified atom stereocenters. The second kappa shape index (κ2) is 7.71. The predicted molar refractivity (Wildman–Crippen MR) is 117 cm³/mol. The first-order chi connectivity index (χ1) is 14.9. The zero-order valence-corrected chi connectivity index (χ0v) is 17.4. The summed E-state index contributed by atoms with van der Waals surface area (Å²) in [6.45, 7) is 3.64. The highest BCUT2D eigenvalue weighted by molar-refractivity contribution is 6.15. The molecule has 31 heavy (non-hydrogen) atoms. The highest BCUT2D eigenvalue weighted by Crippen LogP contribution is 2.43. The molecule has 0 spiro atoms. The van der Waals surface area contributed by atoms with Crippen LogP contribution in [0.3, 0.4) is 0 Å². The first-order valence-electron chi connectivity index (χ1n) is 10.6. The molecule has 4 aromatic rings. The van der Waals surface area contributed by atoms with Gasteiger partial charge in [-0.3, -0.25) is 9.88 Å². The maximum absolute atomic E-state index is 14.1. The van der Waals surface area contributed by atoms with E-state index in [9.17, 15) is 13.2 Å². The molecule has 0 radical (unpaired) electrons. The van der Waals surface area contributed by atoms with Crippen LogP contribution in [0.2, 0.25) is 0 Å². The van der Waals surface area contributed by atoms with Gasteiger partial charge in [0.2, 0.25) is 0 Å². The van der Waals surface area contributed by atoms with E-state index in [0.29, 0.717) is 23.1 Å². The molecule has 5 rings (SSSR count). The third-order valence-electron chi connectivity index (χ3n) is 6.28. The van der Waals surface area contributed by atoms with Gasteiger partial charge in [-0.2, -0.15) is 13.2 Å². The van der Waals surface area contributed by atoms with Gasteiger partial charge in [0.05, 0.1) is 11.1 Å². The van der Waals surface area contributed by atoms with Crippen molar-refractivity contribution in [3.63, 3.8) is 0 Å². The van der Waals surface area contributed by atoms with E-state index in [4.69, 9.17) is 4.74 Å². The van der Waals surface area contributed by atoms with Gasteiger partial charge in [-0.15, -0.1) is 0 Å². The Morgan fingerprint density at radius 1 is 1.00 bits per heavy atom. The molecule has 0 aliphatic carbocycles. The Morgan fingerprint density at radius 2 is 1.81 bits per heavy atom. The van der Waals surface area contributed by atoms with Crippen LogP contribution in [-0.4, -0.2) is 40.7 Å². The Hall–Kier alpha value is -2.80. The number of halogens is 3. The Morgan fingerprint density at radius 3 is 2.58 bits per heavy atom. The van der Waals surface area contributed by atoms with Crippen LogP contribution in [-0.2, 0) is 13.2 Å². The van der Waals surface area contributed by atoms with Gasteiger partial charge in [-0.1, -0.05) is 6.42 Å². The van der Waals surface area contributed by atoms with Crippen molar-refractivity contribution in [3.05, 3.63) is 48.3 Å². The molecule has 162 valence electrons. The number of alkyl halides is 3. The maximum Gasteiger partial charge on any atom is 0.419 e. The molecule has 0 amide bonds. The molecule has 7 heteroatoms. The Kier molecular flexibility index (Phi) is 5.01. The van der Waals surface area contributed by atoms with E-state index in [-0.39, 0.29) is 10.9 Å². The zero-order chi connectivity index (χ0) is 21.6. The molecule has 4 nitrogen and oxygen atoms in total. The molecule has 0 atom stereocenters. The van der Waals surface area contributed by atoms with Gasteiger partial charge in [-0.05, 0) is 61.6 Å². The number of aryl methyl sites for hydroxylation is 1. The lowest BCUT2D eigenvalue weighted by Crippen LogP contribution is -2.33. The first-order valence-corrected chi connectivity index (χ1v) is 10.6. The first kappa shape index (κ1) is 20.1. The summed E-state index contributed by atoms with van der Waals surface area (Å²) in [5.41, 5.74) is 0.312. The molecule has 0 saturated carbocycles. The number of benzene rings is 2. The molecule has 0 bridgehead atoms. The van der Waals surface area contributed by atoms with Crippen molar-refractivity contribution in [2.45, 2.75) is 25.4 Å². The molecular formula is C24H24F3N3O. The summed E-state index contributed by atoms with van der Waals surface area (Å²) in [4.78, 5) is 6.43. The van der Waals surface area contributed by atoms with Crippen LogP contribution in [0.15, 0.2) is 42.7 Å². The van der Waals surface area contributed by atoms with Crippen LogP contribution in [0.1, 0.15) is 24.8 Å². The van der Waals surface area contributed by atoms with E-state index >= 15 is 0 Å². The fraction of sp³-hybridized carbons (Fsp3) is 0.375. The summed E-state index contributed by atoms with van der Waals surface area (Å²) in [5.74, 6) is 0.678. The van der Waals surface area contributed by atoms with E-state index in [1.54, 1.807) is 17.7 Å². The number of hydrogen-bond donors (Lipinski definition) is 0. The number of ether oxygens (including phenoxy) is 1. The lowest BCUT2D eigenvalue weighted by atomic mass is 10.0. The normalized spacial score (nSPS) is 15.9. The topological polar surface area (TPSA) is 30.3 Å². The van der Waals surface area contributed by atoms with E-state index in [1.807, 2.05) is 18.2 Å². The van der Waals surface area contributed by atoms with Crippen molar-refractivity contribution >= 4 is 32.6 Å². The highest BCUT2D eigenvalue weighted by atomic mass is 19.4. The Bertz CT molecular complexity index is 1260. The lowest BCUT2D eigenvalue weighted by molar-refractivity contribution is -0.135. The molecule has 1 aliphatic heterocycles. The fourth-order valence-electron chi connectivity index (χ4n) is 4.79. The number of fused-ring (bicyclic) bond motifs is 4. The Balaban J connectivity index is 1.58. The van der Waals surface area contributed by atoms with Gasteiger partial charge in [0, 0.05) is 47.7 Å². The Labute approximate surface area is 178 Å². The van der Waals surface area contributed by atoms with Crippen molar-refractivity contribution in [1.82, 2.24) is 14.5 Å². The van der Waals surface area contributed by atoms with Crippen LogP contribution >= 0.6 is 0 Å². The third-order valence-corrected chi connectivity index (χ3v) is 6.28. The quantitative estimate of drug-likeness (QED) is 0.415. The van der Waals surface area contributed by atoms with Crippen LogP contribution in [0.4, 0.5) is 13.2 Å². The summed E-state index contributed by atoms with van der Waals surface area (Å²) < 4.78 is 50.0. The smallest absolute Gasteiger partial charge is 0.419 e. The minimum absolute atomic E-state index is 0.166. The van der Waals surface area contributed by atoms with Crippen LogP contribution in [0, 0.1) is 0 Å². The standard InChI is InChI=1S/C24H24F3N3O/c1-29-21-6-5-17(31-12-11-30-9-3-2-4-10-30)14-19(21)20-13-16-15-28-8-7-18(16)22(23(20)29)24(25,26)27/h5-8,13-15H,2-4,9-12H2,1H3. The number of nitrogens with zero attached hydrogens (tertiary/aromatic N) is 3. The molecule has 0 N–H and O–H groups in total. The van der Waals surface area contributed by atoms with E-state index in [2.05, 4.69) is 9.88 Å². The summed E-state index contributed by atoms with van der Waals surface area (Å²) in [5, 5.41) is 1.96. The summed E-state index contributed by atoms with van der Waals surface area (Å²) in [6.07, 6.45) is 2.16. The largest absolute Gasteiger partial charge is 0.492 e. The second-order valence-electron chi connectivity index (χ2n) is 8.23. The minimum atomic E-state index is -4.48. The van der Waals surface area contributed by atoms with Gasteiger partial charge in [-0.25, -0.2) is 0 Å². The van der Waals surface area contributed by atoms with Crippen LogP contribution < -0.4 is 4.74 Å².